The van der Waals surface area contributed by atoms with E-state index in [0.29, 0.717) is 57.9 Å². The zero-order chi connectivity index (χ0) is 31.7. The number of thiophene rings is 1. The molecule has 0 radical (unpaired) electrons. The number of rotatable bonds is 7. The number of nitrogen functional groups attached to an aromatic ring is 1. The Hall–Kier alpha value is -4.16. The lowest BCUT2D eigenvalue weighted by Crippen LogP contribution is -2.43. The number of ether oxygens (including phenoxy) is 2. The minimum atomic E-state index is -0.909. The molecule has 11 nitrogen and oxygen atoms in total. The molecule has 3 aliphatic rings. The first-order valence-electron chi connectivity index (χ1n) is 14.8. The second-order valence-corrected chi connectivity index (χ2v) is 13.4. The van der Waals surface area contributed by atoms with Crippen LogP contribution in [-0.4, -0.2) is 56.4 Å². The lowest BCUT2D eigenvalue weighted by molar-refractivity contribution is 0.107. The van der Waals surface area contributed by atoms with Gasteiger partial charge in [-0.05, 0) is 49.1 Å². The maximum absolute atomic E-state index is 15.0. The predicted molar refractivity (Wildman–Crippen MR) is 168 cm³/mol. The largest absolute Gasteiger partial charge is 0.461 e. The Balaban J connectivity index is 1.31. The van der Waals surface area contributed by atoms with E-state index in [1.54, 1.807) is 13.0 Å². The molecule has 0 bridgehead atoms. The quantitative estimate of drug-likeness (QED) is 0.210. The van der Waals surface area contributed by atoms with E-state index in [9.17, 15) is 14.0 Å². The summed E-state index contributed by atoms with van der Waals surface area (Å²) < 4.78 is 47.3. The number of nitriles is 1. The van der Waals surface area contributed by atoms with Gasteiger partial charge in [0.15, 0.2) is 5.82 Å². The summed E-state index contributed by atoms with van der Waals surface area (Å²) in [5.41, 5.74) is 8.99. The van der Waals surface area contributed by atoms with Gasteiger partial charge < -0.3 is 25.0 Å². The monoisotopic (exact) mass is 664 g/mol. The minimum absolute atomic E-state index is 0.0636. The van der Waals surface area contributed by atoms with Gasteiger partial charge in [-0.1, -0.05) is 22.8 Å². The summed E-state index contributed by atoms with van der Waals surface area (Å²) in [6, 6.07) is 5.15. The number of fused-ring (bicyclic) bond motifs is 5. The third-order valence-corrected chi connectivity index (χ3v) is 10.6. The molecule has 5 aromatic rings. The molecule has 2 saturated heterocycles. The summed E-state index contributed by atoms with van der Waals surface area (Å²) in [5, 5.41) is 18.6. The fourth-order valence-corrected chi connectivity index (χ4v) is 8.51. The second kappa shape index (κ2) is 11.0. The van der Waals surface area contributed by atoms with Crippen molar-refractivity contribution in [2.45, 2.75) is 57.7 Å². The number of aromatic nitrogens is 4. The highest BCUT2D eigenvalue weighted by Gasteiger charge is 2.49. The van der Waals surface area contributed by atoms with Crippen molar-refractivity contribution in [1.29, 1.82) is 5.26 Å². The number of nitrogens with one attached hydrogen (secondary N) is 1. The van der Waals surface area contributed by atoms with Crippen LogP contribution in [0.4, 0.5) is 19.6 Å². The van der Waals surface area contributed by atoms with Gasteiger partial charge in [-0.15, -0.1) is 11.3 Å². The summed E-state index contributed by atoms with van der Waals surface area (Å²) in [6.45, 7) is 3.80. The molecule has 0 aliphatic carbocycles. The summed E-state index contributed by atoms with van der Waals surface area (Å²) in [7, 11) is 0. The van der Waals surface area contributed by atoms with Crippen LogP contribution in [0.5, 0.6) is 6.01 Å². The Bertz CT molecular complexity index is 2100. The standard InChI is InChI=1S/C31H27ClF2N8O3S/c1-14-38-21(45-41-14)9-37-29-24-19-12-43-11-18(19)22(16-3-4-20(34)27-23(16)17(8-35)28(36)46-27)25(32)26(24)39-30(40-29)44-13-31-5-2-6-42(31)10-15(33)7-31/h3-4,15H,2,5-7,9-13,36H2,1H3,(H,37,39,40)/t15-,31+/m1/s1. The number of aryl methyl sites for hydroxylation is 1. The van der Waals surface area contributed by atoms with Crippen LogP contribution in [0.15, 0.2) is 16.7 Å². The summed E-state index contributed by atoms with van der Waals surface area (Å²) in [5.74, 6) is 0.791. The molecule has 3 aromatic heterocycles. The molecule has 8 rings (SSSR count). The molecule has 3 aliphatic heterocycles. The summed E-state index contributed by atoms with van der Waals surface area (Å²) >= 11 is 8.29. The highest BCUT2D eigenvalue weighted by Crippen LogP contribution is 2.49. The fourth-order valence-electron chi connectivity index (χ4n) is 7.21. The van der Waals surface area contributed by atoms with Crippen molar-refractivity contribution in [3.05, 3.63) is 51.4 Å². The third-order valence-electron chi connectivity index (χ3n) is 9.18. The Morgan fingerprint density at radius 1 is 1.26 bits per heavy atom. The molecule has 6 heterocycles. The van der Waals surface area contributed by atoms with Crippen LogP contribution in [0, 0.1) is 24.1 Å². The van der Waals surface area contributed by atoms with Gasteiger partial charge in [-0.3, -0.25) is 4.90 Å². The molecule has 236 valence electrons. The first-order valence-corrected chi connectivity index (χ1v) is 16.0. The van der Waals surface area contributed by atoms with Gasteiger partial charge in [0.25, 0.3) is 0 Å². The fraction of sp³-hybridized carbons (Fsp3) is 0.387. The van der Waals surface area contributed by atoms with Crippen molar-refractivity contribution in [1.82, 2.24) is 25.0 Å². The SMILES string of the molecule is Cc1noc(CNc2nc(OC[C@@]34CCCN3C[C@H](F)C4)nc3c(Cl)c(-c4ccc(F)c5sc(N)c(C#N)c45)c4c(c23)COC4)n1. The second-order valence-electron chi connectivity index (χ2n) is 11.9. The van der Waals surface area contributed by atoms with E-state index in [4.69, 9.17) is 41.3 Å². The highest BCUT2D eigenvalue weighted by atomic mass is 35.5. The van der Waals surface area contributed by atoms with Crippen LogP contribution in [0.25, 0.3) is 32.1 Å². The molecule has 2 fully saturated rings. The average molecular weight is 665 g/mol. The molecule has 0 amide bonds. The van der Waals surface area contributed by atoms with E-state index in [2.05, 4.69) is 26.4 Å². The molecule has 3 N–H and O–H groups in total. The minimum Gasteiger partial charge on any atom is -0.461 e. The molecular formula is C31H27ClF2N8O3S. The Labute approximate surface area is 270 Å². The van der Waals surface area contributed by atoms with Gasteiger partial charge in [0, 0.05) is 23.9 Å². The zero-order valence-corrected chi connectivity index (χ0v) is 26.2. The van der Waals surface area contributed by atoms with E-state index >= 15 is 0 Å². The van der Waals surface area contributed by atoms with Gasteiger partial charge in [0.1, 0.15) is 35.5 Å². The smallest absolute Gasteiger partial charge is 0.319 e. The van der Waals surface area contributed by atoms with Crippen LogP contribution < -0.4 is 15.8 Å². The predicted octanol–water partition coefficient (Wildman–Crippen LogP) is 6.05. The third kappa shape index (κ3) is 4.56. The number of hydrogen-bond acceptors (Lipinski definition) is 12. The van der Waals surface area contributed by atoms with Gasteiger partial charge in [0.2, 0.25) is 5.89 Å². The number of hydrogen-bond donors (Lipinski definition) is 2. The number of halogens is 3. The van der Waals surface area contributed by atoms with Crippen molar-refractivity contribution >= 4 is 54.7 Å². The molecule has 15 heteroatoms. The number of nitrogens with two attached hydrogens (primary N) is 1. The van der Waals surface area contributed by atoms with Crippen LogP contribution in [0.2, 0.25) is 5.02 Å². The first-order chi connectivity index (χ1) is 22.3. The number of nitrogens with zero attached hydrogens (tertiary/aromatic N) is 6. The number of benzene rings is 2. The van der Waals surface area contributed by atoms with Crippen LogP contribution in [0.1, 0.15) is 47.7 Å². The van der Waals surface area contributed by atoms with E-state index in [0.717, 1.165) is 41.9 Å². The van der Waals surface area contributed by atoms with E-state index < -0.39 is 17.5 Å². The molecule has 0 unspecified atom stereocenters. The lowest BCUT2D eigenvalue weighted by Gasteiger charge is -2.30. The Kier molecular flexibility index (Phi) is 6.98. The van der Waals surface area contributed by atoms with Gasteiger partial charge in [0.05, 0.1) is 51.5 Å². The van der Waals surface area contributed by atoms with Gasteiger partial charge >= 0.3 is 6.01 Å². The Morgan fingerprint density at radius 3 is 2.91 bits per heavy atom. The summed E-state index contributed by atoms with van der Waals surface area (Å²) in [4.78, 5) is 16.0. The maximum atomic E-state index is 15.0. The maximum Gasteiger partial charge on any atom is 0.319 e. The number of alkyl halides is 1. The first kappa shape index (κ1) is 29.3. The zero-order valence-electron chi connectivity index (χ0n) is 24.6. The topological polar surface area (TPSA) is 148 Å². The van der Waals surface area contributed by atoms with Crippen molar-refractivity contribution < 1.29 is 22.8 Å². The molecule has 2 aromatic carbocycles. The van der Waals surface area contributed by atoms with Gasteiger partial charge in [-0.2, -0.15) is 20.2 Å². The Morgan fingerprint density at radius 2 is 2.11 bits per heavy atom. The van der Waals surface area contributed by atoms with E-state index in [-0.39, 0.29) is 52.7 Å². The number of anilines is 2. The van der Waals surface area contributed by atoms with Crippen LogP contribution in [-0.2, 0) is 24.5 Å². The molecule has 2 atom stereocenters. The van der Waals surface area contributed by atoms with Gasteiger partial charge in [-0.25, -0.2) is 8.78 Å². The van der Waals surface area contributed by atoms with E-state index in [1.165, 1.54) is 6.07 Å². The highest BCUT2D eigenvalue weighted by molar-refractivity contribution is 7.23. The average Bonchev–Trinajstić information content (AvgIpc) is 3.85. The van der Waals surface area contributed by atoms with Crippen molar-refractivity contribution in [3.8, 4) is 23.2 Å². The van der Waals surface area contributed by atoms with Crippen LogP contribution >= 0.6 is 22.9 Å². The van der Waals surface area contributed by atoms with Crippen LogP contribution in [0.3, 0.4) is 0 Å². The molecule has 0 spiro atoms. The lowest BCUT2D eigenvalue weighted by atomic mass is 9.91. The van der Waals surface area contributed by atoms with Crippen molar-refractivity contribution in [2.24, 2.45) is 0 Å². The summed E-state index contributed by atoms with van der Waals surface area (Å²) in [6.07, 6.45) is 1.28. The van der Waals surface area contributed by atoms with Crippen molar-refractivity contribution in [2.75, 3.05) is 30.7 Å². The van der Waals surface area contributed by atoms with Crippen molar-refractivity contribution in [3.63, 3.8) is 0 Å². The molecular weight excluding hydrogens is 638 g/mol. The van der Waals surface area contributed by atoms with E-state index in [1.807, 2.05) is 0 Å². The normalized spacial score (nSPS) is 20.8. The molecule has 46 heavy (non-hydrogen) atoms. The molecule has 0 saturated carbocycles.